The van der Waals surface area contributed by atoms with E-state index in [4.69, 9.17) is 10.5 Å². The third kappa shape index (κ3) is 3.17. The lowest BCUT2D eigenvalue weighted by molar-refractivity contribution is 0.0634. The van der Waals surface area contributed by atoms with Crippen LogP contribution in [0.15, 0.2) is 70.6 Å². The number of aliphatic imine (C=N–C) groups is 1. The van der Waals surface area contributed by atoms with E-state index >= 15 is 0 Å². The van der Waals surface area contributed by atoms with E-state index in [-0.39, 0.29) is 4.90 Å². The largest absolute Gasteiger partial charge is 0.379 e. The number of nitrogens with one attached hydrogen (secondary N) is 1. The van der Waals surface area contributed by atoms with Gasteiger partial charge in [-0.25, -0.2) is 13.4 Å². The van der Waals surface area contributed by atoms with Gasteiger partial charge in [0.05, 0.1) is 18.1 Å². The Balaban J connectivity index is 1.55. The Morgan fingerprint density at radius 2 is 1.93 bits per heavy atom. The van der Waals surface area contributed by atoms with Crippen LogP contribution in [0.3, 0.4) is 0 Å². The molecule has 1 unspecified atom stereocenters. The lowest BCUT2D eigenvalue weighted by atomic mass is 9.87. The maximum absolute atomic E-state index is 13.2. The standard InChI is InChI=1S/C21H19N3O3S2/c22-20-23-21(13-28-20)12-27-11-15-8-9-16(10-18(15)21)24-29(25,26)19-7-3-5-14-4-1-2-6-17(14)19/h1-10,24H,11-13H2,(H2,22,23). The summed E-state index contributed by atoms with van der Waals surface area (Å²) in [6.45, 7) is 0.917. The molecule has 0 radical (unpaired) electrons. The van der Waals surface area contributed by atoms with Gasteiger partial charge in [0.25, 0.3) is 10.0 Å². The van der Waals surface area contributed by atoms with Crippen LogP contribution in [0.25, 0.3) is 10.8 Å². The van der Waals surface area contributed by atoms with Crippen LogP contribution in [0, 0.1) is 0 Å². The Morgan fingerprint density at radius 3 is 2.76 bits per heavy atom. The van der Waals surface area contributed by atoms with Gasteiger partial charge in [0.15, 0.2) is 5.17 Å². The van der Waals surface area contributed by atoms with Gasteiger partial charge >= 0.3 is 0 Å². The Hall–Kier alpha value is -2.55. The van der Waals surface area contributed by atoms with E-state index in [1.165, 1.54) is 11.8 Å². The van der Waals surface area contributed by atoms with E-state index in [2.05, 4.69) is 9.71 Å². The van der Waals surface area contributed by atoms with E-state index < -0.39 is 15.6 Å². The number of fused-ring (bicyclic) bond motifs is 3. The zero-order valence-electron chi connectivity index (χ0n) is 15.5. The quantitative estimate of drug-likeness (QED) is 0.671. The first-order chi connectivity index (χ1) is 14.0. The number of nitrogens with two attached hydrogens (primary N) is 1. The Kier molecular flexibility index (Phi) is 4.31. The van der Waals surface area contributed by atoms with Crippen molar-refractivity contribution in [1.82, 2.24) is 0 Å². The first kappa shape index (κ1) is 18.5. The summed E-state index contributed by atoms with van der Waals surface area (Å²) in [5.74, 6) is 0.686. The number of thioether (sulfide) groups is 1. The first-order valence-electron chi connectivity index (χ1n) is 9.17. The molecular formula is C21H19N3O3S2. The Morgan fingerprint density at radius 1 is 1.10 bits per heavy atom. The van der Waals surface area contributed by atoms with Crippen molar-refractivity contribution in [1.29, 1.82) is 0 Å². The number of hydrogen-bond acceptors (Lipinski definition) is 6. The predicted molar refractivity (Wildman–Crippen MR) is 117 cm³/mol. The lowest BCUT2D eigenvalue weighted by Crippen LogP contribution is -2.35. The van der Waals surface area contributed by atoms with Crippen molar-refractivity contribution >= 4 is 43.4 Å². The summed E-state index contributed by atoms with van der Waals surface area (Å²) >= 11 is 1.49. The molecule has 0 aromatic heterocycles. The molecule has 3 N–H and O–H groups in total. The van der Waals surface area contributed by atoms with Gasteiger partial charge in [-0.05, 0) is 34.7 Å². The zero-order valence-corrected chi connectivity index (χ0v) is 17.1. The number of benzene rings is 3. The second-order valence-electron chi connectivity index (χ2n) is 7.22. The molecule has 0 aliphatic carbocycles. The average molecular weight is 426 g/mol. The highest BCUT2D eigenvalue weighted by atomic mass is 32.2. The maximum Gasteiger partial charge on any atom is 0.262 e. The van der Waals surface area contributed by atoms with Crippen LogP contribution >= 0.6 is 11.8 Å². The normalized spacial score (nSPS) is 21.2. The van der Waals surface area contributed by atoms with E-state index in [1.54, 1.807) is 18.2 Å². The van der Waals surface area contributed by atoms with Gasteiger partial charge in [-0.3, -0.25) is 4.72 Å². The highest BCUT2D eigenvalue weighted by Gasteiger charge is 2.41. The van der Waals surface area contributed by atoms with Crippen LogP contribution in [0.1, 0.15) is 11.1 Å². The number of sulfonamides is 1. The molecule has 0 amide bonds. The van der Waals surface area contributed by atoms with Gasteiger partial charge in [0, 0.05) is 16.8 Å². The molecule has 2 aliphatic heterocycles. The second kappa shape index (κ2) is 6.76. The third-order valence-corrected chi connectivity index (χ3v) is 7.73. The minimum Gasteiger partial charge on any atom is -0.379 e. The van der Waals surface area contributed by atoms with Crippen LogP contribution in [0.5, 0.6) is 0 Å². The molecule has 148 valence electrons. The summed E-state index contributed by atoms with van der Waals surface area (Å²) in [5, 5.41) is 2.10. The summed E-state index contributed by atoms with van der Waals surface area (Å²) in [4.78, 5) is 4.87. The fourth-order valence-electron chi connectivity index (χ4n) is 3.93. The summed E-state index contributed by atoms with van der Waals surface area (Å²) in [6.07, 6.45) is 0. The summed E-state index contributed by atoms with van der Waals surface area (Å²) < 4.78 is 34.8. The first-order valence-corrected chi connectivity index (χ1v) is 11.6. The van der Waals surface area contributed by atoms with Crippen LogP contribution < -0.4 is 10.5 Å². The number of amidine groups is 1. The SMILES string of the molecule is NC1=NC2(COCc3ccc(NS(=O)(=O)c4cccc5ccccc45)cc32)CS1. The molecule has 0 bridgehead atoms. The highest BCUT2D eigenvalue weighted by Crippen LogP contribution is 2.42. The summed E-state index contributed by atoms with van der Waals surface area (Å²) in [7, 11) is -3.76. The van der Waals surface area contributed by atoms with Crippen LogP contribution in [-0.2, 0) is 26.9 Å². The molecule has 29 heavy (non-hydrogen) atoms. The van der Waals surface area contributed by atoms with E-state index in [9.17, 15) is 8.42 Å². The molecule has 0 fully saturated rings. The van der Waals surface area contributed by atoms with Crippen molar-refractivity contribution < 1.29 is 13.2 Å². The van der Waals surface area contributed by atoms with Gasteiger partial charge in [-0.1, -0.05) is 54.2 Å². The zero-order chi connectivity index (χ0) is 20.1. The Bertz CT molecular complexity index is 1250. The van der Waals surface area contributed by atoms with E-state index in [0.29, 0.717) is 35.2 Å². The molecule has 3 aromatic carbocycles. The van der Waals surface area contributed by atoms with Gasteiger partial charge in [-0.15, -0.1) is 0 Å². The van der Waals surface area contributed by atoms with Crippen molar-refractivity contribution in [3.05, 3.63) is 71.8 Å². The number of nitrogens with zero attached hydrogens (tertiary/aromatic N) is 1. The molecule has 8 heteroatoms. The molecule has 0 saturated heterocycles. The number of hydrogen-bond donors (Lipinski definition) is 2. The van der Waals surface area contributed by atoms with Gasteiger partial charge < -0.3 is 10.5 Å². The van der Waals surface area contributed by atoms with Crippen LogP contribution in [0.2, 0.25) is 0 Å². The monoisotopic (exact) mass is 425 g/mol. The van der Waals surface area contributed by atoms with Crippen molar-refractivity contribution in [2.75, 3.05) is 17.1 Å². The highest BCUT2D eigenvalue weighted by molar-refractivity contribution is 8.14. The summed E-state index contributed by atoms with van der Waals surface area (Å²) in [5.41, 5.74) is 7.83. The van der Waals surface area contributed by atoms with E-state index in [1.807, 2.05) is 42.5 Å². The maximum atomic E-state index is 13.2. The molecule has 5 rings (SSSR count). The number of ether oxygens (including phenoxy) is 1. The lowest BCUT2D eigenvalue weighted by Gasteiger charge is -2.32. The summed E-state index contributed by atoms with van der Waals surface area (Å²) in [6, 6.07) is 18.2. The molecule has 0 saturated carbocycles. The second-order valence-corrected chi connectivity index (χ2v) is 9.86. The topological polar surface area (TPSA) is 93.8 Å². The number of rotatable bonds is 3. The fourth-order valence-corrected chi connectivity index (χ4v) is 6.14. The van der Waals surface area contributed by atoms with Crippen LogP contribution in [-0.4, -0.2) is 25.9 Å². The van der Waals surface area contributed by atoms with Gasteiger partial charge in [0.2, 0.25) is 0 Å². The van der Waals surface area contributed by atoms with Gasteiger partial charge in [-0.2, -0.15) is 0 Å². The van der Waals surface area contributed by atoms with Gasteiger partial charge in [0.1, 0.15) is 5.54 Å². The molecule has 2 heterocycles. The molecule has 6 nitrogen and oxygen atoms in total. The minimum atomic E-state index is -3.76. The van der Waals surface area contributed by atoms with Crippen molar-refractivity contribution in [2.24, 2.45) is 10.7 Å². The minimum absolute atomic E-state index is 0.255. The average Bonchev–Trinajstić information content (AvgIpc) is 3.09. The van der Waals surface area contributed by atoms with Crippen molar-refractivity contribution in [2.45, 2.75) is 17.0 Å². The molecule has 2 aliphatic rings. The fraction of sp³-hybridized carbons (Fsp3) is 0.190. The van der Waals surface area contributed by atoms with Crippen molar-refractivity contribution in [3.8, 4) is 0 Å². The van der Waals surface area contributed by atoms with Crippen LogP contribution in [0.4, 0.5) is 5.69 Å². The predicted octanol–water partition coefficient (Wildman–Crippen LogP) is 3.43. The molecule has 1 atom stereocenters. The van der Waals surface area contributed by atoms with Crippen molar-refractivity contribution in [3.63, 3.8) is 0 Å². The molecule has 1 spiro atoms. The van der Waals surface area contributed by atoms with E-state index in [0.717, 1.165) is 16.5 Å². The smallest absolute Gasteiger partial charge is 0.262 e. The molecule has 3 aromatic rings. The Labute approximate surface area is 173 Å². The third-order valence-electron chi connectivity index (χ3n) is 5.28. The number of anilines is 1. The molecular weight excluding hydrogens is 406 g/mol.